The summed E-state index contributed by atoms with van der Waals surface area (Å²) in [4.78, 5) is 28.0. The highest BCUT2D eigenvalue weighted by Crippen LogP contribution is 2.31. The van der Waals surface area contributed by atoms with E-state index < -0.39 is 30.2 Å². The van der Waals surface area contributed by atoms with Crippen molar-refractivity contribution in [2.75, 3.05) is 6.61 Å². The number of rotatable bonds is 6. The standard InChI is InChI=1S/C19H16F3N3O3S/c20-19(21,22)12-4-3-5-13(10-12)28-11-17(27)25-24-16(26)8-9-18-23-14-6-1-2-7-15(14)29-18/h1-7,10H,8-9,11H2,(H,24,26)(H,25,27). The molecule has 0 radical (unpaired) electrons. The summed E-state index contributed by atoms with van der Waals surface area (Å²) >= 11 is 1.49. The number of hydrazine groups is 1. The number of carbonyl (C=O) groups excluding carboxylic acids is 2. The van der Waals surface area contributed by atoms with Gasteiger partial charge in [0.1, 0.15) is 5.75 Å². The first-order chi connectivity index (χ1) is 13.8. The second kappa shape index (κ2) is 8.91. The second-order valence-corrected chi connectivity index (χ2v) is 7.10. The number of hydrogen-bond donors (Lipinski definition) is 2. The molecule has 0 fully saturated rings. The number of nitrogens with one attached hydrogen (secondary N) is 2. The van der Waals surface area contributed by atoms with Gasteiger partial charge in [-0.25, -0.2) is 4.98 Å². The van der Waals surface area contributed by atoms with Gasteiger partial charge in [0.15, 0.2) is 6.61 Å². The molecule has 0 atom stereocenters. The van der Waals surface area contributed by atoms with Crippen molar-refractivity contribution in [3.63, 3.8) is 0 Å². The van der Waals surface area contributed by atoms with Gasteiger partial charge in [0.05, 0.1) is 20.8 Å². The maximum Gasteiger partial charge on any atom is 0.416 e. The molecule has 0 aliphatic heterocycles. The van der Waals surface area contributed by atoms with E-state index >= 15 is 0 Å². The molecular formula is C19H16F3N3O3S. The highest BCUT2D eigenvalue weighted by molar-refractivity contribution is 7.18. The van der Waals surface area contributed by atoms with Crippen molar-refractivity contribution in [2.45, 2.75) is 19.0 Å². The second-order valence-electron chi connectivity index (χ2n) is 5.99. The third-order valence-corrected chi connectivity index (χ3v) is 4.87. The smallest absolute Gasteiger partial charge is 0.416 e. The fourth-order valence-corrected chi connectivity index (χ4v) is 3.36. The summed E-state index contributed by atoms with van der Waals surface area (Å²) in [6, 6.07) is 11.8. The number of fused-ring (bicyclic) bond motifs is 1. The molecule has 0 aliphatic carbocycles. The van der Waals surface area contributed by atoms with E-state index in [9.17, 15) is 22.8 Å². The summed E-state index contributed by atoms with van der Waals surface area (Å²) in [6.07, 6.45) is -3.96. The summed E-state index contributed by atoms with van der Waals surface area (Å²) in [5, 5.41) is 0.806. The minimum absolute atomic E-state index is 0.0999. The number of halogens is 3. The molecule has 0 saturated heterocycles. The zero-order valence-corrected chi connectivity index (χ0v) is 15.8. The lowest BCUT2D eigenvalue weighted by atomic mass is 10.2. The van der Waals surface area contributed by atoms with Crippen LogP contribution in [0, 0.1) is 0 Å². The van der Waals surface area contributed by atoms with Crippen LogP contribution in [0.4, 0.5) is 13.2 Å². The van der Waals surface area contributed by atoms with Gasteiger partial charge in [0.2, 0.25) is 5.91 Å². The summed E-state index contributed by atoms with van der Waals surface area (Å²) in [7, 11) is 0. The number of carbonyl (C=O) groups is 2. The van der Waals surface area contributed by atoms with Gasteiger partial charge in [-0.3, -0.25) is 20.4 Å². The van der Waals surface area contributed by atoms with Crippen LogP contribution in [0.5, 0.6) is 5.75 Å². The summed E-state index contributed by atoms with van der Waals surface area (Å²) in [6.45, 7) is -0.542. The van der Waals surface area contributed by atoms with Crippen LogP contribution < -0.4 is 15.6 Å². The van der Waals surface area contributed by atoms with Gasteiger partial charge in [0, 0.05) is 12.8 Å². The van der Waals surface area contributed by atoms with Crippen molar-refractivity contribution in [1.29, 1.82) is 0 Å². The number of ether oxygens (including phenoxy) is 1. The van der Waals surface area contributed by atoms with Crippen LogP contribution in [-0.4, -0.2) is 23.4 Å². The Hall–Kier alpha value is -3.14. The van der Waals surface area contributed by atoms with Gasteiger partial charge < -0.3 is 4.74 Å². The van der Waals surface area contributed by atoms with Crippen molar-refractivity contribution in [1.82, 2.24) is 15.8 Å². The molecule has 0 bridgehead atoms. The van der Waals surface area contributed by atoms with Crippen molar-refractivity contribution < 1.29 is 27.5 Å². The average molecular weight is 423 g/mol. The van der Waals surface area contributed by atoms with Gasteiger partial charge in [-0.05, 0) is 30.3 Å². The monoisotopic (exact) mass is 423 g/mol. The van der Waals surface area contributed by atoms with E-state index in [1.165, 1.54) is 23.5 Å². The largest absolute Gasteiger partial charge is 0.484 e. The van der Waals surface area contributed by atoms with Crippen LogP contribution in [-0.2, 0) is 22.2 Å². The van der Waals surface area contributed by atoms with Crippen molar-refractivity contribution in [3.05, 3.63) is 59.1 Å². The maximum atomic E-state index is 12.6. The van der Waals surface area contributed by atoms with Crippen LogP contribution in [0.25, 0.3) is 10.2 Å². The minimum atomic E-state index is -4.50. The topological polar surface area (TPSA) is 80.3 Å². The van der Waals surface area contributed by atoms with Crippen LogP contribution in [0.1, 0.15) is 17.0 Å². The minimum Gasteiger partial charge on any atom is -0.484 e. The number of aromatic nitrogens is 1. The van der Waals surface area contributed by atoms with Gasteiger partial charge in [-0.2, -0.15) is 13.2 Å². The number of aryl methyl sites for hydroxylation is 1. The highest BCUT2D eigenvalue weighted by atomic mass is 32.1. The Morgan fingerprint density at radius 2 is 1.79 bits per heavy atom. The van der Waals surface area contributed by atoms with Crippen molar-refractivity contribution >= 4 is 33.4 Å². The first-order valence-corrected chi connectivity index (χ1v) is 9.35. The maximum absolute atomic E-state index is 12.6. The SMILES string of the molecule is O=C(CCc1nc2ccccc2s1)NNC(=O)COc1cccc(C(F)(F)F)c1. The van der Waals surface area contributed by atoms with E-state index in [0.717, 1.165) is 27.4 Å². The summed E-state index contributed by atoms with van der Waals surface area (Å²) in [5.74, 6) is -1.22. The quantitative estimate of drug-likeness (QED) is 0.595. The molecule has 0 aliphatic rings. The van der Waals surface area contributed by atoms with Gasteiger partial charge in [-0.1, -0.05) is 18.2 Å². The Kier molecular flexibility index (Phi) is 6.32. The van der Waals surface area contributed by atoms with Gasteiger partial charge in [0.25, 0.3) is 5.91 Å². The molecule has 29 heavy (non-hydrogen) atoms. The van der Waals surface area contributed by atoms with E-state index in [1.807, 2.05) is 24.3 Å². The number of amides is 2. The third kappa shape index (κ3) is 5.92. The van der Waals surface area contributed by atoms with Gasteiger partial charge >= 0.3 is 6.18 Å². The Morgan fingerprint density at radius 1 is 1.03 bits per heavy atom. The molecule has 1 heterocycles. The van der Waals surface area contributed by atoms with Crippen molar-refractivity contribution in [3.8, 4) is 5.75 Å². The Balaban J connectivity index is 1.40. The zero-order chi connectivity index (χ0) is 20.9. The lowest BCUT2D eigenvalue weighted by Gasteiger charge is -2.11. The molecule has 152 valence electrons. The Bertz CT molecular complexity index is 987. The van der Waals surface area contributed by atoms with E-state index in [2.05, 4.69) is 15.8 Å². The number of thiazole rings is 1. The molecule has 2 N–H and O–H groups in total. The first-order valence-electron chi connectivity index (χ1n) is 8.53. The molecule has 10 heteroatoms. The lowest BCUT2D eigenvalue weighted by Crippen LogP contribution is -2.43. The van der Waals surface area contributed by atoms with Gasteiger partial charge in [-0.15, -0.1) is 11.3 Å². The molecule has 6 nitrogen and oxygen atoms in total. The molecule has 0 spiro atoms. The average Bonchev–Trinajstić information content (AvgIpc) is 3.12. The summed E-state index contributed by atoms with van der Waals surface area (Å²) in [5.41, 5.74) is 4.39. The first kappa shape index (κ1) is 20.6. The number of alkyl halides is 3. The number of para-hydroxylation sites is 1. The predicted octanol–water partition coefficient (Wildman–Crippen LogP) is 3.47. The van der Waals surface area contributed by atoms with E-state index in [4.69, 9.17) is 4.74 Å². The summed E-state index contributed by atoms with van der Waals surface area (Å²) < 4.78 is 44.0. The molecule has 2 aromatic carbocycles. The zero-order valence-electron chi connectivity index (χ0n) is 15.0. The molecule has 0 saturated carbocycles. The van der Waals surface area contributed by atoms with Crippen LogP contribution in [0.2, 0.25) is 0 Å². The Morgan fingerprint density at radius 3 is 2.55 bits per heavy atom. The number of benzene rings is 2. The number of nitrogens with zero attached hydrogens (tertiary/aromatic N) is 1. The van der Waals surface area contributed by atoms with E-state index in [-0.39, 0.29) is 12.2 Å². The highest BCUT2D eigenvalue weighted by Gasteiger charge is 2.30. The molecule has 3 rings (SSSR count). The van der Waals surface area contributed by atoms with E-state index in [1.54, 1.807) is 0 Å². The van der Waals surface area contributed by atoms with E-state index in [0.29, 0.717) is 6.42 Å². The van der Waals surface area contributed by atoms with Crippen LogP contribution >= 0.6 is 11.3 Å². The lowest BCUT2D eigenvalue weighted by molar-refractivity contribution is -0.137. The third-order valence-electron chi connectivity index (χ3n) is 3.78. The molecular weight excluding hydrogens is 407 g/mol. The molecule has 0 unspecified atom stereocenters. The van der Waals surface area contributed by atoms with Crippen molar-refractivity contribution in [2.24, 2.45) is 0 Å². The predicted molar refractivity (Wildman–Crippen MR) is 101 cm³/mol. The number of hydrogen-bond acceptors (Lipinski definition) is 5. The Labute approximate surface area is 167 Å². The fraction of sp³-hybridized carbons (Fsp3) is 0.211. The molecule has 3 aromatic rings. The fourth-order valence-electron chi connectivity index (χ4n) is 2.40. The molecule has 1 aromatic heterocycles. The molecule has 2 amide bonds. The van der Waals surface area contributed by atoms with Crippen LogP contribution in [0.3, 0.4) is 0 Å². The van der Waals surface area contributed by atoms with Crippen LogP contribution in [0.15, 0.2) is 48.5 Å². The normalized spacial score (nSPS) is 11.3.